The van der Waals surface area contributed by atoms with Gasteiger partial charge in [0, 0.05) is 0 Å². The first-order valence-electron chi connectivity index (χ1n) is 3.10. The Labute approximate surface area is 69.6 Å². The number of rotatable bonds is 4. The maximum Gasteiger partial charge on any atom is 0.469 e. The van der Waals surface area contributed by atoms with Crippen molar-refractivity contribution in [3.05, 3.63) is 0 Å². The number of hydrogen-bond donors (Lipinski definition) is 5. The summed E-state index contributed by atoms with van der Waals surface area (Å²) < 4.78 is 14.2. The summed E-state index contributed by atoms with van der Waals surface area (Å²) >= 11 is 0. The van der Waals surface area contributed by atoms with Crippen LogP contribution in [0, 0.1) is 0 Å². The topological polar surface area (TPSA) is 139 Å². The highest BCUT2D eigenvalue weighted by Crippen LogP contribution is 2.35. The smallest absolute Gasteiger partial charge is 0.375 e. The van der Waals surface area contributed by atoms with Gasteiger partial charge in [-0.3, -0.25) is 4.52 Å². The van der Waals surface area contributed by atoms with E-state index in [1.54, 1.807) is 0 Å². The molecule has 2 unspecified atom stereocenters. The molecule has 0 fully saturated rings. The molecule has 0 bridgehead atoms. The first-order chi connectivity index (χ1) is 5.13. The van der Waals surface area contributed by atoms with Crippen LogP contribution in [0.5, 0.6) is 0 Å². The maximum atomic E-state index is 10.2. The quantitative estimate of drug-likeness (QED) is 0.263. The van der Waals surface area contributed by atoms with E-state index in [1.807, 2.05) is 0 Å². The highest BCUT2D eigenvalue weighted by atomic mass is 31.2. The predicted octanol–water partition coefficient (Wildman–Crippen LogP) is -1.91. The second-order valence-electron chi connectivity index (χ2n) is 2.62. The zero-order chi connectivity index (χ0) is 9.99. The largest absolute Gasteiger partial charge is 0.469 e. The zero-order valence-corrected chi connectivity index (χ0v) is 7.44. The van der Waals surface area contributed by atoms with Crippen molar-refractivity contribution in [3.63, 3.8) is 0 Å². The summed E-state index contributed by atoms with van der Waals surface area (Å²) in [6.45, 7) is 0.703. The SMILES string of the molecule is CC(N)(O)C(N)COP(=O)(O)O. The van der Waals surface area contributed by atoms with Crippen LogP contribution in [0.2, 0.25) is 0 Å². The molecule has 0 aromatic heterocycles. The molecule has 7 nitrogen and oxygen atoms in total. The van der Waals surface area contributed by atoms with Gasteiger partial charge in [-0.1, -0.05) is 0 Å². The van der Waals surface area contributed by atoms with Crippen LogP contribution in [-0.4, -0.2) is 33.3 Å². The summed E-state index contributed by atoms with van der Waals surface area (Å²) in [5.41, 5.74) is 8.61. The number of phosphoric acid groups is 1. The second-order valence-corrected chi connectivity index (χ2v) is 3.86. The van der Waals surface area contributed by atoms with E-state index in [2.05, 4.69) is 4.52 Å². The number of nitrogens with two attached hydrogens (primary N) is 2. The molecule has 0 aliphatic heterocycles. The molecule has 0 spiro atoms. The third-order valence-electron chi connectivity index (χ3n) is 1.17. The first kappa shape index (κ1) is 12.0. The van der Waals surface area contributed by atoms with Gasteiger partial charge < -0.3 is 26.4 Å². The van der Waals surface area contributed by atoms with E-state index in [4.69, 9.17) is 26.4 Å². The molecule has 0 rings (SSSR count). The Hall–Kier alpha value is -0.0100. The van der Waals surface area contributed by atoms with Crippen LogP contribution in [0.4, 0.5) is 0 Å². The van der Waals surface area contributed by atoms with Gasteiger partial charge in [0.15, 0.2) is 0 Å². The summed E-state index contributed by atoms with van der Waals surface area (Å²) in [5, 5.41) is 9.00. The van der Waals surface area contributed by atoms with Gasteiger partial charge in [-0.05, 0) is 6.92 Å². The molecule has 0 amide bonds. The summed E-state index contributed by atoms with van der Waals surface area (Å²) in [5.74, 6) is 0. The van der Waals surface area contributed by atoms with Crippen molar-refractivity contribution in [2.45, 2.75) is 18.7 Å². The van der Waals surface area contributed by atoms with Crippen molar-refractivity contribution in [1.29, 1.82) is 0 Å². The molecule has 0 aliphatic rings. The molecule has 0 radical (unpaired) electrons. The Balaban J connectivity index is 3.89. The van der Waals surface area contributed by atoms with Crippen LogP contribution in [0.25, 0.3) is 0 Å². The van der Waals surface area contributed by atoms with Gasteiger partial charge in [0.25, 0.3) is 0 Å². The van der Waals surface area contributed by atoms with Crippen LogP contribution in [0.3, 0.4) is 0 Å². The molecule has 0 aromatic rings. The van der Waals surface area contributed by atoms with Crippen molar-refractivity contribution in [2.75, 3.05) is 6.61 Å². The minimum atomic E-state index is -4.54. The standard InChI is InChI=1S/C4H13N2O5P/c1-4(6,7)3(5)2-11-12(8,9)10/h3,7H,2,5-6H2,1H3,(H2,8,9,10). The van der Waals surface area contributed by atoms with Gasteiger partial charge in [-0.25, -0.2) is 4.57 Å². The Bertz CT molecular complexity index is 184. The first-order valence-corrected chi connectivity index (χ1v) is 4.63. The molecule has 0 aliphatic carbocycles. The van der Waals surface area contributed by atoms with Crippen LogP contribution >= 0.6 is 7.82 Å². The molecule has 0 heterocycles. The zero-order valence-electron chi connectivity index (χ0n) is 6.54. The van der Waals surface area contributed by atoms with E-state index in [0.717, 1.165) is 0 Å². The van der Waals surface area contributed by atoms with E-state index in [9.17, 15) is 4.57 Å². The molecule has 12 heavy (non-hydrogen) atoms. The lowest BCUT2D eigenvalue weighted by molar-refractivity contribution is 0.0185. The number of phosphoric ester groups is 1. The average molecular weight is 200 g/mol. The molecule has 0 saturated heterocycles. The third kappa shape index (κ3) is 5.62. The Morgan fingerprint density at radius 1 is 1.67 bits per heavy atom. The van der Waals surface area contributed by atoms with Gasteiger partial charge in [0.2, 0.25) is 0 Å². The van der Waals surface area contributed by atoms with E-state index in [-0.39, 0.29) is 0 Å². The molecule has 74 valence electrons. The van der Waals surface area contributed by atoms with Crippen LogP contribution in [0.15, 0.2) is 0 Å². The minimum Gasteiger partial charge on any atom is -0.375 e. The normalized spacial score (nSPS) is 20.2. The minimum absolute atomic E-state index is 0.506. The van der Waals surface area contributed by atoms with Crippen molar-refractivity contribution in [2.24, 2.45) is 11.5 Å². The lowest BCUT2D eigenvalue weighted by atomic mass is 10.1. The molecule has 8 heteroatoms. The predicted molar refractivity (Wildman–Crippen MR) is 40.8 cm³/mol. The van der Waals surface area contributed by atoms with Crippen LogP contribution in [0.1, 0.15) is 6.92 Å². The average Bonchev–Trinajstić information content (AvgIpc) is 1.78. The lowest BCUT2D eigenvalue weighted by Gasteiger charge is -2.24. The highest BCUT2D eigenvalue weighted by Gasteiger charge is 2.26. The molecular formula is C4H13N2O5P. The fourth-order valence-electron chi connectivity index (χ4n) is 0.346. The van der Waals surface area contributed by atoms with Crippen molar-refractivity contribution in [1.82, 2.24) is 0 Å². The highest BCUT2D eigenvalue weighted by molar-refractivity contribution is 7.46. The van der Waals surface area contributed by atoms with Gasteiger partial charge in [-0.2, -0.15) is 0 Å². The molecular weight excluding hydrogens is 187 g/mol. The molecule has 0 aromatic carbocycles. The Morgan fingerprint density at radius 3 is 2.33 bits per heavy atom. The van der Waals surface area contributed by atoms with Crippen LogP contribution in [-0.2, 0) is 9.09 Å². The third-order valence-corrected chi connectivity index (χ3v) is 1.66. The van der Waals surface area contributed by atoms with E-state index in [0.29, 0.717) is 0 Å². The fourth-order valence-corrected chi connectivity index (χ4v) is 0.701. The number of aliphatic hydroxyl groups is 1. The van der Waals surface area contributed by atoms with Gasteiger partial charge in [-0.15, -0.1) is 0 Å². The van der Waals surface area contributed by atoms with E-state index >= 15 is 0 Å². The Kier molecular flexibility index (Phi) is 3.80. The summed E-state index contributed by atoms with van der Waals surface area (Å²) in [6.07, 6.45) is 0. The molecule has 7 N–H and O–H groups in total. The summed E-state index contributed by atoms with van der Waals surface area (Å²) in [4.78, 5) is 16.5. The van der Waals surface area contributed by atoms with Gasteiger partial charge in [0.05, 0.1) is 12.6 Å². The van der Waals surface area contributed by atoms with Crippen molar-refractivity contribution < 1.29 is 24.0 Å². The summed E-state index contributed by atoms with van der Waals surface area (Å²) in [6, 6.07) is -1.05. The fraction of sp³-hybridized carbons (Fsp3) is 1.00. The van der Waals surface area contributed by atoms with E-state index < -0.39 is 26.2 Å². The van der Waals surface area contributed by atoms with Gasteiger partial charge in [0.1, 0.15) is 5.72 Å². The van der Waals surface area contributed by atoms with Crippen molar-refractivity contribution in [3.8, 4) is 0 Å². The molecule has 0 saturated carbocycles. The Morgan fingerprint density at radius 2 is 2.08 bits per heavy atom. The maximum absolute atomic E-state index is 10.2. The monoisotopic (exact) mass is 200 g/mol. The van der Waals surface area contributed by atoms with Crippen molar-refractivity contribution >= 4 is 7.82 Å². The lowest BCUT2D eigenvalue weighted by Crippen LogP contribution is -2.55. The summed E-state index contributed by atoms with van der Waals surface area (Å²) in [7, 11) is -4.54. The number of hydrogen-bond acceptors (Lipinski definition) is 5. The van der Waals surface area contributed by atoms with Crippen LogP contribution < -0.4 is 11.5 Å². The molecule has 2 atom stereocenters. The van der Waals surface area contributed by atoms with E-state index in [1.165, 1.54) is 6.92 Å². The second kappa shape index (κ2) is 3.80. The van der Waals surface area contributed by atoms with Gasteiger partial charge >= 0.3 is 7.82 Å².